The Labute approximate surface area is 77.6 Å². The first-order valence-electron chi connectivity index (χ1n) is 1.81. The summed E-state index contributed by atoms with van der Waals surface area (Å²) in [5, 5.41) is 0. The fourth-order valence-electron chi connectivity index (χ4n) is 0.326. The van der Waals surface area contributed by atoms with E-state index in [0.717, 1.165) is 0 Å². The molecule has 0 saturated heterocycles. The van der Waals surface area contributed by atoms with E-state index in [1.807, 2.05) is 17.8 Å². The van der Waals surface area contributed by atoms with E-state index >= 15 is 0 Å². The minimum absolute atomic E-state index is 0. The van der Waals surface area contributed by atoms with E-state index in [4.69, 9.17) is 0 Å². The van der Waals surface area contributed by atoms with Gasteiger partial charge in [0.15, 0.2) is 17.4 Å². The molecule has 0 N–H and O–H groups in total. The summed E-state index contributed by atoms with van der Waals surface area (Å²) in [7, 11) is 1.94. The maximum absolute atomic E-state index is 3.78. The van der Waals surface area contributed by atoms with Crippen molar-refractivity contribution in [3.63, 3.8) is 0 Å². The van der Waals surface area contributed by atoms with Crippen molar-refractivity contribution in [2.45, 2.75) is 0 Å². The van der Waals surface area contributed by atoms with Crippen molar-refractivity contribution >= 4 is 42.2 Å². The van der Waals surface area contributed by atoms with Crippen LogP contribution in [-0.4, -0.2) is 26.9 Å². The Kier molecular flexibility index (Phi) is 14.9. The van der Waals surface area contributed by atoms with Crippen LogP contribution < -0.4 is 0 Å². The van der Waals surface area contributed by atoms with Crippen molar-refractivity contribution in [2.24, 2.45) is 7.05 Å². The molecule has 0 unspecified atom stereocenters. The van der Waals surface area contributed by atoms with E-state index in [0.29, 0.717) is 0 Å². The van der Waals surface area contributed by atoms with Crippen LogP contribution in [0.5, 0.6) is 0 Å². The maximum Gasteiger partial charge on any atom is 0.187 e. The van der Waals surface area contributed by atoms with Crippen LogP contribution in [0.1, 0.15) is 0 Å². The van der Waals surface area contributed by atoms with Gasteiger partial charge in [0.25, 0.3) is 0 Å². The van der Waals surface area contributed by atoms with Gasteiger partial charge in [-0.15, -0.1) is 24.8 Å². The lowest BCUT2D eigenvalue weighted by atomic mass is 10.9. The summed E-state index contributed by atoms with van der Waals surface area (Å²) in [5.41, 5.74) is 0. The molecule has 0 spiro atoms. The zero-order valence-electron chi connectivity index (χ0n) is 4.44. The van der Waals surface area contributed by atoms with E-state index in [9.17, 15) is 0 Å². The number of hydrogen-bond acceptors (Lipinski definition) is 1. The Hall–Kier alpha value is 0.322. The molecule has 5 heteroatoms. The van der Waals surface area contributed by atoms with Crippen LogP contribution in [-0.2, 0) is 7.05 Å². The Bertz CT molecular complexity index is 120. The van der Waals surface area contributed by atoms with E-state index in [1.165, 1.54) is 0 Å². The normalized spacial score (nSPS) is 5.89. The first-order chi connectivity index (χ1) is 2.89. The van der Waals surface area contributed by atoms with Crippen LogP contribution in [0, 0.1) is 0 Å². The Morgan fingerprint density at radius 1 is 1.33 bits per heavy atom. The Balaban J connectivity index is -0.000000120. The molecule has 1 aromatic heterocycles. The number of nitrogens with zero attached hydrogens (tertiary/aromatic N) is 2. The fourth-order valence-corrected chi connectivity index (χ4v) is 0.326. The third kappa shape index (κ3) is 6.20. The predicted octanol–water partition coefficient (Wildman–Crippen LogP) is 0.0798. The molecule has 1 heterocycles. The summed E-state index contributed by atoms with van der Waals surface area (Å²) >= 11 is 0. The standard InChI is InChI=1S/C4H6N2.Al.2ClH.3H/c1-6-3-2-5-4-6;;;;;;/h2-4H,1H3;;2*1H;;;. The van der Waals surface area contributed by atoms with Crippen LogP contribution in [0.25, 0.3) is 0 Å². The summed E-state index contributed by atoms with van der Waals surface area (Å²) in [6, 6.07) is 0. The molecule has 9 heavy (non-hydrogen) atoms. The summed E-state index contributed by atoms with van der Waals surface area (Å²) in [6.07, 6.45) is 5.39. The molecule has 0 aromatic carbocycles. The molecule has 0 saturated carbocycles. The van der Waals surface area contributed by atoms with Gasteiger partial charge in [-0.25, -0.2) is 4.98 Å². The Morgan fingerprint density at radius 2 is 1.89 bits per heavy atom. The van der Waals surface area contributed by atoms with Gasteiger partial charge < -0.3 is 4.57 Å². The highest BCUT2D eigenvalue weighted by atomic mass is 35.5. The van der Waals surface area contributed by atoms with Crippen molar-refractivity contribution in [3.8, 4) is 0 Å². The van der Waals surface area contributed by atoms with Gasteiger partial charge in [-0.2, -0.15) is 0 Å². The van der Waals surface area contributed by atoms with Gasteiger partial charge in [-0.3, -0.25) is 0 Å². The van der Waals surface area contributed by atoms with Gasteiger partial charge in [0.1, 0.15) is 0 Å². The molecular weight excluding hydrogens is 174 g/mol. The van der Waals surface area contributed by atoms with Gasteiger partial charge in [-0.1, -0.05) is 0 Å². The van der Waals surface area contributed by atoms with Crippen molar-refractivity contribution in [1.29, 1.82) is 0 Å². The van der Waals surface area contributed by atoms with Crippen molar-refractivity contribution < 1.29 is 0 Å². The lowest BCUT2D eigenvalue weighted by Gasteiger charge is -1.76. The molecule has 0 aliphatic rings. The molecule has 0 aliphatic carbocycles. The largest absolute Gasteiger partial charge is 0.341 e. The molecule has 0 amide bonds. The summed E-state index contributed by atoms with van der Waals surface area (Å²) in [5.74, 6) is 0. The highest BCUT2D eigenvalue weighted by Crippen LogP contribution is 1.73. The average Bonchev–Trinajstić information content (AvgIpc) is 1.86. The molecule has 0 aliphatic heterocycles. The average molecular weight is 185 g/mol. The van der Waals surface area contributed by atoms with Crippen LogP contribution in [0.2, 0.25) is 0 Å². The molecule has 0 fully saturated rings. The zero-order valence-corrected chi connectivity index (χ0v) is 6.08. The SMILES string of the molecule is Cl.Cl.Cn1ccnc1.[AlH3]. The number of rotatable bonds is 0. The number of aromatic nitrogens is 2. The molecule has 0 bridgehead atoms. The topological polar surface area (TPSA) is 17.8 Å². The van der Waals surface area contributed by atoms with Crippen molar-refractivity contribution in [2.75, 3.05) is 0 Å². The van der Waals surface area contributed by atoms with Crippen LogP contribution >= 0.6 is 24.8 Å². The highest BCUT2D eigenvalue weighted by molar-refractivity contribution is 5.85. The van der Waals surface area contributed by atoms with Crippen molar-refractivity contribution in [3.05, 3.63) is 18.7 Å². The lowest BCUT2D eigenvalue weighted by molar-refractivity contribution is 0.913. The summed E-state index contributed by atoms with van der Waals surface area (Å²) in [4.78, 5) is 3.78. The zero-order chi connectivity index (χ0) is 4.41. The van der Waals surface area contributed by atoms with E-state index in [1.54, 1.807) is 12.5 Å². The van der Waals surface area contributed by atoms with E-state index in [2.05, 4.69) is 4.98 Å². The second-order valence-corrected chi connectivity index (χ2v) is 1.23. The van der Waals surface area contributed by atoms with E-state index < -0.39 is 0 Å². The van der Waals surface area contributed by atoms with Gasteiger partial charge in [0.05, 0.1) is 6.33 Å². The summed E-state index contributed by atoms with van der Waals surface area (Å²) < 4.78 is 1.89. The monoisotopic (exact) mass is 184 g/mol. The van der Waals surface area contributed by atoms with Crippen LogP contribution in [0.15, 0.2) is 18.7 Å². The third-order valence-electron chi connectivity index (χ3n) is 0.637. The first kappa shape index (κ1) is 16.2. The first-order valence-corrected chi connectivity index (χ1v) is 1.81. The molecule has 0 radical (unpaired) electrons. The lowest BCUT2D eigenvalue weighted by Crippen LogP contribution is -1.76. The minimum Gasteiger partial charge on any atom is -0.341 e. The molecule has 0 atom stereocenters. The van der Waals surface area contributed by atoms with Gasteiger partial charge in [-0.05, 0) is 0 Å². The van der Waals surface area contributed by atoms with E-state index in [-0.39, 0.29) is 42.2 Å². The third-order valence-corrected chi connectivity index (χ3v) is 0.637. The molecular formula is C4H11AlCl2N2. The number of imidazole rings is 1. The Morgan fingerprint density at radius 3 is 2.00 bits per heavy atom. The second kappa shape index (κ2) is 8.32. The fraction of sp³-hybridized carbons (Fsp3) is 0.250. The number of hydrogen-bond donors (Lipinski definition) is 0. The molecule has 1 aromatic rings. The number of aryl methyl sites for hydroxylation is 1. The number of halogens is 2. The maximum atomic E-state index is 3.78. The minimum atomic E-state index is 0. The van der Waals surface area contributed by atoms with Crippen molar-refractivity contribution in [1.82, 2.24) is 9.55 Å². The predicted molar refractivity (Wildman–Crippen MR) is 47.6 cm³/mol. The second-order valence-electron chi connectivity index (χ2n) is 1.23. The smallest absolute Gasteiger partial charge is 0.187 e. The molecule has 2 nitrogen and oxygen atoms in total. The summed E-state index contributed by atoms with van der Waals surface area (Å²) in [6.45, 7) is 0. The van der Waals surface area contributed by atoms with Gasteiger partial charge in [0, 0.05) is 19.4 Å². The van der Waals surface area contributed by atoms with Crippen LogP contribution in [0.3, 0.4) is 0 Å². The van der Waals surface area contributed by atoms with Gasteiger partial charge in [0.2, 0.25) is 0 Å². The highest BCUT2D eigenvalue weighted by Gasteiger charge is 1.69. The van der Waals surface area contributed by atoms with Gasteiger partial charge >= 0.3 is 0 Å². The quantitative estimate of drug-likeness (QED) is 0.523. The molecule has 1 rings (SSSR count). The molecule has 54 valence electrons. The van der Waals surface area contributed by atoms with Crippen LogP contribution in [0.4, 0.5) is 0 Å².